The molecule has 0 bridgehead atoms. The highest BCUT2D eigenvalue weighted by molar-refractivity contribution is 7.89. The monoisotopic (exact) mass is 341 g/mol. The first kappa shape index (κ1) is 17.4. The van der Waals surface area contributed by atoms with Crippen molar-refractivity contribution in [3.8, 4) is 5.75 Å². The van der Waals surface area contributed by atoms with Crippen LogP contribution in [0.2, 0.25) is 0 Å². The van der Waals surface area contributed by atoms with Crippen LogP contribution in [0.1, 0.15) is 19.7 Å². The third kappa shape index (κ3) is 4.29. The lowest BCUT2D eigenvalue weighted by Crippen LogP contribution is -2.25. The van der Waals surface area contributed by atoms with Crippen molar-refractivity contribution in [2.75, 3.05) is 7.11 Å². The van der Waals surface area contributed by atoms with E-state index >= 15 is 0 Å². The van der Waals surface area contributed by atoms with Crippen LogP contribution in [0.15, 0.2) is 35.5 Å². The lowest BCUT2D eigenvalue weighted by atomic mass is 10.2. The summed E-state index contributed by atoms with van der Waals surface area (Å²) in [5, 5.41) is 0. The van der Waals surface area contributed by atoms with Gasteiger partial charge in [0.05, 0.1) is 18.6 Å². The number of methoxy groups -OCH3 is 1. The van der Waals surface area contributed by atoms with Gasteiger partial charge < -0.3 is 9.30 Å². The summed E-state index contributed by atoms with van der Waals surface area (Å²) in [6.07, 6.45) is 3.44. The van der Waals surface area contributed by atoms with E-state index in [1.807, 2.05) is 10.8 Å². The van der Waals surface area contributed by atoms with Crippen molar-refractivity contribution in [3.63, 3.8) is 0 Å². The van der Waals surface area contributed by atoms with Crippen molar-refractivity contribution in [1.82, 2.24) is 14.3 Å². The van der Waals surface area contributed by atoms with Gasteiger partial charge in [-0.15, -0.1) is 0 Å². The van der Waals surface area contributed by atoms with Crippen molar-refractivity contribution < 1.29 is 17.5 Å². The third-order valence-electron chi connectivity index (χ3n) is 3.22. The molecule has 0 radical (unpaired) electrons. The number of nitrogens with zero attached hydrogens (tertiary/aromatic N) is 2. The van der Waals surface area contributed by atoms with Gasteiger partial charge in [0.1, 0.15) is 5.82 Å². The first-order valence-electron chi connectivity index (χ1n) is 7.16. The van der Waals surface area contributed by atoms with Crippen LogP contribution in [0.25, 0.3) is 0 Å². The molecular formula is C15H20FN3O3S. The third-order valence-corrected chi connectivity index (χ3v) is 4.62. The highest BCUT2D eigenvalue weighted by Gasteiger charge is 2.17. The summed E-state index contributed by atoms with van der Waals surface area (Å²) in [5.74, 6) is 0.311. The predicted octanol–water partition coefficient (Wildman–Crippen LogP) is 2.17. The Kier molecular flexibility index (Phi) is 5.38. The second-order valence-corrected chi connectivity index (χ2v) is 7.28. The van der Waals surface area contributed by atoms with Gasteiger partial charge >= 0.3 is 0 Å². The fraction of sp³-hybridized carbons (Fsp3) is 0.400. The first-order valence-corrected chi connectivity index (χ1v) is 8.65. The van der Waals surface area contributed by atoms with Gasteiger partial charge in [-0.3, -0.25) is 0 Å². The molecule has 0 saturated carbocycles. The Morgan fingerprint density at radius 3 is 2.78 bits per heavy atom. The minimum Gasteiger partial charge on any atom is -0.494 e. The van der Waals surface area contributed by atoms with Gasteiger partial charge in [-0.2, -0.15) is 0 Å². The molecule has 0 saturated heterocycles. The average molecular weight is 341 g/mol. The zero-order valence-corrected chi connectivity index (χ0v) is 14.1. The summed E-state index contributed by atoms with van der Waals surface area (Å²) >= 11 is 0. The van der Waals surface area contributed by atoms with Crippen LogP contribution in [0.3, 0.4) is 0 Å². The number of imidazole rings is 1. The average Bonchev–Trinajstić information content (AvgIpc) is 2.92. The summed E-state index contributed by atoms with van der Waals surface area (Å²) in [4.78, 5) is 4.11. The Hall–Kier alpha value is -1.93. The van der Waals surface area contributed by atoms with Crippen LogP contribution in [-0.2, 0) is 23.1 Å². The molecule has 1 aromatic heterocycles. The maximum absolute atomic E-state index is 13.4. The molecular weight excluding hydrogens is 321 g/mol. The lowest BCUT2D eigenvalue weighted by molar-refractivity contribution is 0.385. The van der Waals surface area contributed by atoms with Gasteiger partial charge in [0, 0.05) is 25.0 Å². The van der Waals surface area contributed by atoms with Crippen LogP contribution >= 0.6 is 0 Å². The van der Waals surface area contributed by atoms with E-state index in [1.54, 1.807) is 6.20 Å². The Balaban J connectivity index is 2.15. The maximum Gasteiger partial charge on any atom is 0.241 e. The number of hydrogen-bond donors (Lipinski definition) is 1. The van der Waals surface area contributed by atoms with Gasteiger partial charge in [0.25, 0.3) is 0 Å². The Morgan fingerprint density at radius 1 is 1.39 bits per heavy atom. The molecule has 0 aliphatic rings. The maximum atomic E-state index is 13.4. The van der Waals surface area contributed by atoms with E-state index in [2.05, 4.69) is 23.6 Å². The smallest absolute Gasteiger partial charge is 0.241 e. The number of benzene rings is 1. The van der Waals surface area contributed by atoms with Crippen molar-refractivity contribution in [3.05, 3.63) is 42.2 Å². The first-order chi connectivity index (χ1) is 10.8. The van der Waals surface area contributed by atoms with Crippen molar-refractivity contribution >= 4 is 10.0 Å². The van der Waals surface area contributed by atoms with E-state index in [4.69, 9.17) is 4.74 Å². The molecule has 0 aliphatic carbocycles. The van der Waals surface area contributed by atoms with Crippen molar-refractivity contribution in [1.29, 1.82) is 0 Å². The van der Waals surface area contributed by atoms with E-state index in [-0.39, 0.29) is 17.2 Å². The summed E-state index contributed by atoms with van der Waals surface area (Å²) in [6.45, 7) is 4.95. The molecule has 0 spiro atoms. The molecule has 2 aromatic rings. The second-order valence-electron chi connectivity index (χ2n) is 5.51. The zero-order valence-electron chi connectivity index (χ0n) is 13.3. The number of ether oxygens (including phenoxy) is 1. The topological polar surface area (TPSA) is 73.2 Å². The SMILES string of the molecule is COc1cc(S(=O)(=O)NCc2nccn2CC(C)C)ccc1F. The number of sulfonamides is 1. The summed E-state index contributed by atoms with van der Waals surface area (Å²) < 4.78 is 47.2. The van der Waals surface area contributed by atoms with E-state index in [0.717, 1.165) is 18.7 Å². The van der Waals surface area contributed by atoms with Crippen LogP contribution in [-0.4, -0.2) is 25.1 Å². The van der Waals surface area contributed by atoms with Crippen molar-refractivity contribution in [2.24, 2.45) is 5.92 Å². The van der Waals surface area contributed by atoms with E-state index in [9.17, 15) is 12.8 Å². The lowest BCUT2D eigenvalue weighted by Gasteiger charge is -2.12. The number of nitrogens with one attached hydrogen (secondary N) is 1. The summed E-state index contributed by atoms with van der Waals surface area (Å²) in [7, 11) is -2.50. The largest absolute Gasteiger partial charge is 0.494 e. The molecule has 2 rings (SSSR count). The molecule has 0 amide bonds. The summed E-state index contributed by atoms with van der Waals surface area (Å²) in [5.41, 5.74) is 0. The number of aromatic nitrogens is 2. The van der Waals surface area contributed by atoms with Gasteiger partial charge in [-0.25, -0.2) is 22.5 Å². The number of halogens is 1. The molecule has 0 fully saturated rings. The second kappa shape index (κ2) is 7.10. The van der Waals surface area contributed by atoms with Crippen LogP contribution in [0, 0.1) is 11.7 Å². The van der Waals surface area contributed by atoms with E-state index in [1.165, 1.54) is 13.2 Å². The molecule has 0 aliphatic heterocycles. The Morgan fingerprint density at radius 2 is 2.13 bits per heavy atom. The number of rotatable bonds is 7. The van der Waals surface area contributed by atoms with Crippen LogP contribution < -0.4 is 9.46 Å². The van der Waals surface area contributed by atoms with E-state index in [0.29, 0.717) is 11.7 Å². The Bertz CT molecular complexity index is 772. The molecule has 6 nitrogen and oxygen atoms in total. The fourth-order valence-electron chi connectivity index (χ4n) is 2.12. The van der Waals surface area contributed by atoms with Gasteiger partial charge in [-0.05, 0) is 18.1 Å². The predicted molar refractivity (Wildman–Crippen MR) is 84.0 cm³/mol. The molecule has 23 heavy (non-hydrogen) atoms. The van der Waals surface area contributed by atoms with Gasteiger partial charge in [0.15, 0.2) is 11.6 Å². The molecule has 1 N–H and O–H groups in total. The standard InChI is InChI=1S/C15H20FN3O3S/c1-11(2)10-19-7-6-17-15(19)9-18-23(20,21)12-4-5-13(16)14(8-12)22-3/h4-8,11,18H,9-10H2,1-3H3. The number of hydrogen-bond acceptors (Lipinski definition) is 4. The normalized spacial score (nSPS) is 11.9. The van der Waals surface area contributed by atoms with Crippen LogP contribution in [0.5, 0.6) is 5.75 Å². The highest BCUT2D eigenvalue weighted by atomic mass is 32.2. The van der Waals surface area contributed by atoms with E-state index < -0.39 is 15.8 Å². The molecule has 0 unspecified atom stereocenters. The van der Waals surface area contributed by atoms with Crippen LogP contribution in [0.4, 0.5) is 4.39 Å². The van der Waals surface area contributed by atoms with Gasteiger partial charge in [0.2, 0.25) is 10.0 Å². The highest BCUT2D eigenvalue weighted by Crippen LogP contribution is 2.21. The fourth-order valence-corrected chi connectivity index (χ4v) is 3.11. The minimum absolute atomic E-state index is 0.0573. The molecule has 1 heterocycles. The van der Waals surface area contributed by atoms with Crippen molar-refractivity contribution in [2.45, 2.75) is 31.8 Å². The quantitative estimate of drug-likeness (QED) is 0.838. The summed E-state index contributed by atoms with van der Waals surface area (Å²) in [6, 6.07) is 3.41. The molecule has 126 valence electrons. The molecule has 8 heteroatoms. The zero-order chi connectivity index (χ0) is 17.0. The molecule has 0 atom stereocenters. The Labute approximate surface area is 135 Å². The minimum atomic E-state index is -3.78. The molecule has 1 aromatic carbocycles. The van der Waals surface area contributed by atoms with Gasteiger partial charge in [-0.1, -0.05) is 13.8 Å².